The van der Waals surface area contributed by atoms with E-state index in [2.05, 4.69) is 33.0 Å². The van der Waals surface area contributed by atoms with Crippen LogP contribution in [-0.4, -0.2) is 50.7 Å². The van der Waals surface area contributed by atoms with Crippen molar-refractivity contribution in [1.82, 2.24) is 10.2 Å². The van der Waals surface area contributed by atoms with Crippen LogP contribution in [0.2, 0.25) is 0 Å². The Morgan fingerprint density at radius 1 is 1.22 bits per heavy atom. The molecule has 0 aliphatic heterocycles. The zero-order valence-corrected chi connectivity index (χ0v) is 13.0. The Labute approximate surface area is 112 Å². The summed E-state index contributed by atoms with van der Waals surface area (Å²) in [4.78, 5) is 13.8. The quantitative estimate of drug-likeness (QED) is 0.721. The lowest BCUT2D eigenvalue weighted by Gasteiger charge is -2.29. The predicted octanol–water partition coefficient (Wildman–Crippen LogP) is 1.75. The van der Waals surface area contributed by atoms with Crippen molar-refractivity contribution < 1.29 is 9.53 Å². The van der Waals surface area contributed by atoms with Crippen molar-refractivity contribution in [2.75, 3.05) is 27.8 Å². The summed E-state index contributed by atoms with van der Waals surface area (Å²) in [5.41, 5.74) is 0. The van der Waals surface area contributed by atoms with Crippen LogP contribution < -0.4 is 5.32 Å². The smallest absolute Gasteiger partial charge is 0.239 e. The van der Waals surface area contributed by atoms with Crippen molar-refractivity contribution >= 4 is 5.91 Å². The second-order valence-corrected chi connectivity index (χ2v) is 5.89. The highest BCUT2D eigenvalue weighted by molar-refractivity contribution is 5.81. The second-order valence-electron chi connectivity index (χ2n) is 5.89. The van der Waals surface area contributed by atoms with Crippen molar-refractivity contribution in [2.45, 2.75) is 46.2 Å². The molecule has 0 radical (unpaired) electrons. The highest BCUT2D eigenvalue weighted by atomic mass is 16.5. The molecule has 1 N–H and O–H groups in total. The number of carbonyl (C=O) groups is 1. The minimum atomic E-state index is -0.123. The Kier molecular flexibility index (Phi) is 8.20. The molecule has 0 aromatic heterocycles. The van der Waals surface area contributed by atoms with E-state index in [1.165, 1.54) is 0 Å². The first-order valence-corrected chi connectivity index (χ1v) is 6.75. The Balaban J connectivity index is 4.69. The van der Waals surface area contributed by atoms with Gasteiger partial charge in [0.15, 0.2) is 0 Å². The standard InChI is InChI=1S/C14H30N2O2/c1-10(2)8-12(14(17)16(5)6)15-13(9-18-7)11(3)4/h10-13,15H,8-9H2,1-7H3. The first kappa shape index (κ1) is 17.4. The fourth-order valence-corrected chi connectivity index (χ4v) is 1.89. The third-order valence-corrected chi connectivity index (χ3v) is 3.01. The van der Waals surface area contributed by atoms with E-state index in [-0.39, 0.29) is 18.0 Å². The van der Waals surface area contributed by atoms with Gasteiger partial charge in [-0.15, -0.1) is 0 Å². The third kappa shape index (κ3) is 6.36. The Morgan fingerprint density at radius 3 is 2.11 bits per heavy atom. The highest BCUT2D eigenvalue weighted by Crippen LogP contribution is 2.11. The lowest BCUT2D eigenvalue weighted by atomic mass is 9.98. The molecule has 2 atom stereocenters. The van der Waals surface area contributed by atoms with Crippen LogP contribution in [0.1, 0.15) is 34.1 Å². The minimum Gasteiger partial charge on any atom is -0.383 e. The number of nitrogens with one attached hydrogen (secondary N) is 1. The molecule has 0 aliphatic rings. The van der Waals surface area contributed by atoms with Gasteiger partial charge < -0.3 is 15.0 Å². The van der Waals surface area contributed by atoms with E-state index in [1.807, 2.05) is 0 Å². The van der Waals surface area contributed by atoms with Gasteiger partial charge in [0.05, 0.1) is 12.6 Å². The van der Waals surface area contributed by atoms with Crippen LogP contribution in [0.4, 0.5) is 0 Å². The summed E-state index contributed by atoms with van der Waals surface area (Å²) in [6, 6.07) is 0.0881. The largest absolute Gasteiger partial charge is 0.383 e. The van der Waals surface area contributed by atoms with Gasteiger partial charge in [-0.2, -0.15) is 0 Å². The van der Waals surface area contributed by atoms with E-state index in [1.54, 1.807) is 26.1 Å². The summed E-state index contributed by atoms with van der Waals surface area (Å²) in [6.07, 6.45) is 0.851. The lowest BCUT2D eigenvalue weighted by molar-refractivity contribution is -0.131. The maximum atomic E-state index is 12.2. The fourth-order valence-electron chi connectivity index (χ4n) is 1.89. The van der Waals surface area contributed by atoms with E-state index in [4.69, 9.17) is 4.74 Å². The monoisotopic (exact) mass is 258 g/mol. The zero-order chi connectivity index (χ0) is 14.3. The van der Waals surface area contributed by atoms with E-state index in [0.717, 1.165) is 6.42 Å². The van der Waals surface area contributed by atoms with Gasteiger partial charge in [-0.1, -0.05) is 27.7 Å². The summed E-state index contributed by atoms with van der Waals surface area (Å²) >= 11 is 0. The maximum absolute atomic E-state index is 12.2. The van der Waals surface area contributed by atoms with Crippen LogP contribution in [0, 0.1) is 11.8 Å². The second kappa shape index (κ2) is 8.48. The predicted molar refractivity (Wildman–Crippen MR) is 75.6 cm³/mol. The Hall–Kier alpha value is -0.610. The highest BCUT2D eigenvalue weighted by Gasteiger charge is 2.25. The average Bonchev–Trinajstić information content (AvgIpc) is 2.25. The molecule has 0 spiro atoms. The molecular weight excluding hydrogens is 228 g/mol. The molecule has 0 aromatic carbocycles. The molecule has 0 heterocycles. The first-order valence-electron chi connectivity index (χ1n) is 6.75. The van der Waals surface area contributed by atoms with Crippen LogP contribution in [0.15, 0.2) is 0 Å². The molecule has 1 amide bonds. The number of hydrogen-bond acceptors (Lipinski definition) is 3. The van der Waals surface area contributed by atoms with Crippen LogP contribution in [0.3, 0.4) is 0 Å². The molecule has 4 heteroatoms. The first-order chi connectivity index (χ1) is 8.29. The van der Waals surface area contributed by atoms with Gasteiger partial charge in [-0.25, -0.2) is 0 Å². The Morgan fingerprint density at radius 2 is 1.78 bits per heavy atom. The van der Waals surface area contributed by atoms with Crippen LogP contribution in [0.5, 0.6) is 0 Å². The van der Waals surface area contributed by atoms with Gasteiger partial charge >= 0.3 is 0 Å². The molecule has 0 bridgehead atoms. The SMILES string of the molecule is COCC(NC(CC(C)C)C(=O)N(C)C)C(C)C. The number of nitrogens with zero attached hydrogens (tertiary/aromatic N) is 1. The van der Waals surface area contributed by atoms with Gasteiger partial charge in [0.2, 0.25) is 5.91 Å². The number of ether oxygens (including phenoxy) is 1. The van der Waals surface area contributed by atoms with Crippen molar-refractivity contribution in [3.05, 3.63) is 0 Å². The minimum absolute atomic E-state index is 0.123. The Bertz CT molecular complexity index is 240. The number of hydrogen-bond donors (Lipinski definition) is 1. The number of likely N-dealkylation sites (N-methyl/N-ethyl adjacent to an activating group) is 1. The van der Waals surface area contributed by atoms with E-state index in [9.17, 15) is 4.79 Å². The maximum Gasteiger partial charge on any atom is 0.239 e. The van der Waals surface area contributed by atoms with Crippen LogP contribution >= 0.6 is 0 Å². The van der Waals surface area contributed by atoms with E-state index in [0.29, 0.717) is 18.4 Å². The molecule has 18 heavy (non-hydrogen) atoms. The molecule has 2 unspecified atom stereocenters. The van der Waals surface area contributed by atoms with Crippen LogP contribution in [-0.2, 0) is 9.53 Å². The van der Waals surface area contributed by atoms with Gasteiger partial charge in [-0.05, 0) is 18.3 Å². The summed E-state index contributed by atoms with van der Waals surface area (Å²) in [5.74, 6) is 1.07. The van der Waals surface area contributed by atoms with E-state index < -0.39 is 0 Å². The summed E-state index contributed by atoms with van der Waals surface area (Å²) in [6.45, 7) is 9.19. The zero-order valence-electron chi connectivity index (χ0n) is 13.0. The molecule has 0 aliphatic carbocycles. The number of carbonyl (C=O) groups excluding carboxylic acids is 1. The van der Waals surface area contributed by atoms with Crippen molar-refractivity contribution in [3.8, 4) is 0 Å². The van der Waals surface area contributed by atoms with E-state index >= 15 is 0 Å². The molecule has 108 valence electrons. The lowest BCUT2D eigenvalue weighted by Crippen LogP contribution is -2.51. The molecular formula is C14H30N2O2. The number of amides is 1. The number of methoxy groups -OCH3 is 1. The molecule has 0 aromatic rings. The van der Waals surface area contributed by atoms with Gasteiger partial charge in [-0.3, -0.25) is 4.79 Å². The topological polar surface area (TPSA) is 41.6 Å². The van der Waals surface area contributed by atoms with Gasteiger partial charge in [0.25, 0.3) is 0 Å². The third-order valence-electron chi connectivity index (χ3n) is 3.01. The average molecular weight is 258 g/mol. The molecule has 0 saturated carbocycles. The summed E-state index contributed by atoms with van der Waals surface area (Å²) in [5, 5.41) is 3.45. The molecule has 4 nitrogen and oxygen atoms in total. The molecule has 0 fully saturated rings. The summed E-state index contributed by atoms with van der Waals surface area (Å²) < 4.78 is 5.22. The van der Waals surface area contributed by atoms with Crippen molar-refractivity contribution in [2.24, 2.45) is 11.8 Å². The van der Waals surface area contributed by atoms with Crippen LogP contribution in [0.25, 0.3) is 0 Å². The normalized spacial score (nSPS) is 14.9. The van der Waals surface area contributed by atoms with Crippen molar-refractivity contribution in [3.63, 3.8) is 0 Å². The molecule has 0 saturated heterocycles. The van der Waals surface area contributed by atoms with Gasteiger partial charge in [0.1, 0.15) is 0 Å². The number of rotatable bonds is 8. The fraction of sp³-hybridized carbons (Fsp3) is 0.929. The summed E-state index contributed by atoms with van der Waals surface area (Å²) in [7, 11) is 5.30. The molecule has 0 rings (SSSR count). The van der Waals surface area contributed by atoms with Gasteiger partial charge in [0, 0.05) is 27.2 Å². The van der Waals surface area contributed by atoms with Crippen molar-refractivity contribution in [1.29, 1.82) is 0 Å².